The van der Waals surface area contributed by atoms with Gasteiger partial charge in [-0.25, -0.2) is 4.79 Å². The molecule has 14 heavy (non-hydrogen) atoms. The smallest absolute Gasteiger partial charge is 0.354 e. The highest BCUT2D eigenvalue weighted by Crippen LogP contribution is 2.11. The molecular weight excluding hydrogens is 188 g/mol. The third-order valence-electron chi connectivity index (χ3n) is 1.58. The Morgan fingerprint density at radius 3 is 2.93 bits per heavy atom. The van der Waals surface area contributed by atoms with Crippen LogP contribution in [-0.2, 0) is 6.54 Å². The largest absolute Gasteiger partial charge is 0.477 e. The van der Waals surface area contributed by atoms with E-state index >= 15 is 0 Å². The van der Waals surface area contributed by atoms with Gasteiger partial charge in [-0.3, -0.25) is 4.68 Å². The number of carboxylic acid groups (broad SMARTS) is 1. The van der Waals surface area contributed by atoms with Crippen molar-refractivity contribution in [3.05, 3.63) is 11.8 Å². The van der Waals surface area contributed by atoms with E-state index in [1.54, 1.807) is 6.92 Å². The van der Waals surface area contributed by atoms with E-state index in [2.05, 4.69) is 5.10 Å². The maximum absolute atomic E-state index is 10.7. The van der Waals surface area contributed by atoms with Gasteiger partial charge in [0.25, 0.3) is 0 Å². The second-order valence-corrected chi connectivity index (χ2v) is 2.55. The zero-order chi connectivity index (χ0) is 10.6. The predicted octanol–water partition coefficient (Wildman–Crippen LogP) is -0.0277. The Labute approximate surface area is 80.7 Å². The van der Waals surface area contributed by atoms with E-state index in [4.69, 9.17) is 14.9 Å². The lowest BCUT2D eigenvalue weighted by atomic mass is 10.4. The SMILES string of the molecule is CCOc1cc(C(=O)O)n(CCO)n1. The lowest BCUT2D eigenvalue weighted by Gasteiger charge is -1.99. The van der Waals surface area contributed by atoms with E-state index in [9.17, 15) is 4.79 Å². The minimum atomic E-state index is -1.09. The average molecular weight is 200 g/mol. The predicted molar refractivity (Wildman–Crippen MR) is 47.4 cm³/mol. The molecule has 1 aromatic rings. The molecule has 0 saturated carbocycles. The third kappa shape index (κ3) is 2.23. The standard InChI is InChI=1S/C8H12N2O4/c1-2-14-7-5-6(8(12)13)10(9-7)3-4-11/h5,11H,2-4H2,1H3,(H,12,13). The van der Waals surface area contributed by atoms with Crippen LogP contribution in [0.3, 0.4) is 0 Å². The quantitative estimate of drug-likeness (QED) is 0.697. The summed E-state index contributed by atoms with van der Waals surface area (Å²) in [6.07, 6.45) is 0. The molecule has 0 aromatic carbocycles. The van der Waals surface area contributed by atoms with Crippen LogP contribution in [0.15, 0.2) is 6.07 Å². The van der Waals surface area contributed by atoms with Crippen LogP contribution in [0.5, 0.6) is 5.88 Å². The maximum atomic E-state index is 10.7. The zero-order valence-electron chi connectivity index (χ0n) is 7.80. The summed E-state index contributed by atoms with van der Waals surface area (Å²) in [6, 6.07) is 1.33. The third-order valence-corrected chi connectivity index (χ3v) is 1.58. The number of aromatic nitrogens is 2. The maximum Gasteiger partial charge on any atom is 0.354 e. The van der Waals surface area contributed by atoms with Crippen LogP contribution >= 0.6 is 0 Å². The molecule has 0 radical (unpaired) electrons. The fourth-order valence-corrected chi connectivity index (χ4v) is 1.05. The first kappa shape index (κ1) is 10.5. The normalized spacial score (nSPS) is 10.1. The number of aromatic carboxylic acids is 1. The van der Waals surface area contributed by atoms with Gasteiger partial charge >= 0.3 is 5.97 Å². The second kappa shape index (κ2) is 4.61. The number of carboxylic acids is 1. The summed E-state index contributed by atoms with van der Waals surface area (Å²) in [5.41, 5.74) is 0.0162. The number of nitrogens with zero attached hydrogens (tertiary/aromatic N) is 2. The van der Waals surface area contributed by atoms with Crippen molar-refractivity contribution in [2.75, 3.05) is 13.2 Å². The van der Waals surface area contributed by atoms with E-state index in [0.29, 0.717) is 6.61 Å². The van der Waals surface area contributed by atoms with Gasteiger partial charge in [0.15, 0.2) is 0 Å². The molecule has 0 bridgehead atoms. The van der Waals surface area contributed by atoms with Crippen molar-refractivity contribution >= 4 is 5.97 Å². The molecule has 1 heterocycles. The topological polar surface area (TPSA) is 84.6 Å². The Hall–Kier alpha value is -1.56. The summed E-state index contributed by atoms with van der Waals surface area (Å²) in [4.78, 5) is 10.7. The van der Waals surface area contributed by atoms with E-state index in [1.807, 2.05) is 0 Å². The monoisotopic (exact) mass is 200 g/mol. The molecule has 0 fully saturated rings. The van der Waals surface area contributed by atoms with Gasteiger partial charge in [-0.2, -0.15) is 0 Å². The number of aliphatic hydroxyl groups is 1. The van der Waals surface area contributed by atoms with Crippen molar-refractivity contribution in [2.24, 2.45) is 0 Å². The minimum absolute atomic E-state index is 0.0162. The van der Waals surface area contributed by atoms with Crippen molar-refractivity contribution in [1.82, 2.24) is 9.78 Å². The minimum Gasteiger partial charge on any atom is -0.477 e. The number of hydrogen-bond donors (Lipinski definition) is 2. The summed E-state index contributed by atoms with van der Waals surface area (Å²) < 4.78 is 6.25. The highest BCUT2D eigenvalue weighted by molar-refractivity contribution is 5.86. The highest BCUT2D eigenvalue weighted by atomic mass is 16.5. The first-order valence-electron chi connectivity index (χ1n) is 4.23. The molecule has 1 rings (SSSR count). The van der Waals surface area contributed by atoms with Crippen molar-refractivity contribution < 1.29 is 19.7 Å². The second-order valence-electron chi connectivity index (χ2n) is 2.55. The van der Waals surface area contributed by atoms with Gasteiger partial charge in [-0.15, -0.1) is 5.10 Å². The fourth-order valence-electron chi connectivity index (χ4n) is 1.05. The van der Waals surface area contributed by atoms with Crippen LogP contribution in [0.1, 0.15) is 17.4 Å². The van der Waals surface area contributed by atoms with Crippen LogP contribution < -0.4 is 4.74 Å². The fraction of sp³-hybridized carbons (Fsp3) is 0.500. The summed E-state index contributed by atoms with van der Waals surface area (Å²) in [5.74, 6) is -0.824. The number of aliphatic hydroxyl groups excluding tert-OH is 1. The van der Waals surface area contributed by atoms with Gasteiger partial charge in [0.2, 0.25) is 5.88 Å². The number of hydrogen-bond acceptors (Lipinski definition) is 4. The summed E-state index contributed by atoms with van der Waals surface area (Å²) in [5, 5.41) is 21.3. The molecule has 78 valence electrons. The Morgan fingerprint density at radius 1 is 1.71 bits per heavy atom. The number of carbonyl (C=O) groups is 1. The van der Waals surface area contributed by atoms with Crippen LogP contribution in [0.2, 0.25) is 0 Å². The summed E-state index contributed by atoms with van der Waals surface area (Å²) in [7, 11) is 0. The molecular formula is C8H12N2O4. The van der Waals surface area contributed by atoms with Gasteiger partial charge in [-0.05, 0) is 6.92 Å². The zero-order valence-corrected chi connectivity index (χ0v) is 7.80. The molecule has 6 nitrogen and oxygen atoms in total. The Morgan fingerprint density at radius 2 is 2.43 bits per heavy atom. The van der Waals surface area contributed by atoms with Crippen LogP contribution in [0, 0.1) is 0 Å². The number of ether oxygens (including phenoxy) is 1. The van der Waals surface area contributed by atoms with E-state index in [-0.39, 0.29) is 24.7 Å². The van der Waals surface area contributed by atoms with Crippen molar-refractivity contribution in [3.63, 3.8) is 0 Å². The van der Waals surface area contributed by atoms with Gasteiger partial charge < -0.3 is 14.9 Å². The van der Waals surface area contributed by atoms with Gasteiger partial charge in [0, 0.05) is 6.07 Å². The van der Waals surface area contributed by atoms with Crippen molar-refractivity contribution in [3.8, 4) is 5.88 Å². The Kier molecular flexibility index (Phi) is 3.47. The van der Waals surface area contributed by atoms with Gasteiger partial charge in [-0.1, -0.05) is 0 Å². The van der Waals surface area contributed by atoms with E-state index < -0.39 is 5.97 Å². The van der Waals surface area contributed by atoms with E-state index in [1.165, 1.54) is 10.7 Å². The molecule has 6 heteroatoms. The molecule has 0 atom stereocenters. The molecule has 0 amide bonds. The molecule has 2 N–H and O–H groups in total. The summed E-state index contributed by atoms with van der Waals surface area (Å²) >= 11 is 0. The number of rotatable bonds is 5. The van der Waals surface area contributed by atoms with Gasteiger partial charge in [0.1, 0.15) is 5.69 Å². The average Bonchev–Trinajstić information content (AvgIpc) is 2.49. The van der Waals surface area contributed by atoms with Crippen LogP contribution in [0.4, 0.5) is 0 Å². The lowest BCUT2D eigenvalue weighted by Crippen LogP contribution is -2.12. The highest BCUT2D eigenvalue weighted by Gasteiger charge is 2.14. The van der Waals surface area contributed by atoms with Crippen LogP contribution in [-0.4, -0.2) is 39.2 Å². The van der Waals surface area contributed by atoms with Crippen molar-refractivity contribution in [2.45, 2.75) is 13.5 Å². The molecule has 0 aliphatic heterocycles. The summed E-state index contributed by atoms with van der Waals surface area (Å²) in [6.45, 7) is 2.20. The molecule has 0 aliphatic carbocycles. The molecule has 1 aromatic heterocycles. The Balaban J connectivity index is 2.93. The van der Waals surface area contributed by atoms with Crippen molar-refractivity contribution in [1.29, 1.82) is 0 Å². The first-order chi connectivity index (χ1) is 6.69. The van der Waals surface area contributed by atoms with Crippen LogP contribution in [0.25, 0.3) is 0 Å². The molecule has 0 saturated heterocycles. The molecule has 0 spiro atoms. The van der Waals surface area contributed by atoms with Gasteiger partial charge in [0.05, 0.1) is 19.8 Å². The molecule has 0 unspecified atom stereocenters. The molecule has 0 aliphatic rings. The lowest BCUT2D eigenvalue weighted by molar-refractivity contribution is 0.0681. The van der Waals surface area contributed by atoms with E-state index in [0.717, 1.165) is 0 Å². The Bertz CT molecular complexity index is 321. The first-order valence-corrected chi connectivity index (χ1v) is 4.23.